The molecule has 1 saturated heterocycles. The molecule has 0 radical (unpaired) electrons. The summed E-state index contributed by atoms with van der Waals surface area (Å²) in [5, 5.41) is 9.09. The van der Waals surface area contributed by atoms with Crippen LogP contribution >= 0.6 is 11.3 Å². The molecule has 2 heterocycles. The molecule has 1 aromatic rings. The minimum atomic E-state index is -0.652. The van der Waals surface area contributed by atoms with Gasteiger partial charge in [-0.25, -0.2) is 0 Å². The summed E-state index contributed by atoms with van der Waals surface area (Å²) in [7, 11) is 0. The third-order valence-corrected chi connectivity index (χ3v) is 4.66. The van der Waals surface area contributed by atoms with E-state index in [1.165, 1.54) is 9.75 Å². The van der Waals surface area contributed by atoms with Crippen LogP contribution in [0.2, 0.25) is 0 Å². The normalized spacial score (nSPS) is 25.3. The van der Waals surface area contributed by atoms with Gasteiger partial charge in [-0.15, -0.1) is 11.3 Å². The summed E-state index contributed by atoms with van der Waals surface area (Å²) < 4.78 is 0. The van der Waals surface area contributed by atoms with Crippen LogP contribution in [0, 0.1) is 11.8 Å². The highest BCUT2D eigenvalue weighted by molar-refractivity contribution is 7.11. The molecule has 1 aliphatic rings. The zero-order valence-corrected chi connectivity index (χ0v) is 11.2. The molecule has 0 aliphatic carbocycles. The molecular formula is C13H19NO2S. The molecule has 2 unspecified atom stereocenters. The van der Waals surface area contributed by atoms with Gasteiger partial charge in [0, 0.05) is 29.4 Å². The van der Waals surface area contributed by atoms with Crippen LogP contribution in [0.3, 0.4) is 0 Å². The monoisotopic (exact) mass is 253 g/mol. The topological polar surface area (TPSA) is 40.5 Å². The minimum absolute atomic E-state index is 0.194. The number of carboxylic acid groups (broad SMARTS) is 1. The van der Waals surface area contributed by atoms with Crippen LogP contribution in [0.15, 0.2) is 12.1 Å². The Balaban J connectivity index is 1.95. The smallest absolute Gasteiger partial charge is 0.308 e. The molecule has 4 heteroatoms. The van der Waals surface area contributed by atoms with Crippen molar-refractivity contribution in [1.29, 1.82) is 0 Å². The number of aliphatic carboxylic acids is 1. The maximum Gasteiger partial charge on any atom is 0.308 e. The molecule has 1 fully saturated rings. The van der Waals surface area contributed by atoms with Crippen molar-refractivity contribution in [3.63, 3.8) is 0 Å². The molecule has 3 nitrogen and oxygen atoms in total. The van der Waals surface area contributed by atoms with Crippen LogP contribution in [0.25, 0.3) is 0 Å². The predicted octanol–water partition coefficient (Wildman–Crippen LogP) is 2.46. The molecule has 0 amide bonds. The highest BCUT2D eigenvalue weighted by atomic mass is 32.1. The highest BCUT2D eigenvalue weighted by Gasteiger charge is 2.34. The van der Waals surface area contributed by atoms with E-state index in [-0.39, 0.29) is 11.8 Å². The number of hydrogen-bond acceptors (Lipinski definition) is 3. The Hall–Kier alpha value is -0.870. The van der Waals surface area contributed by atoms with Gasteiger partial charge in [-0.2, -0.15) is 0 Å². The number of likely N-dealkylation sites (tertiary alicyclic amines) is 1. The summed E-state index contributed by atoms with van der Waals surface area (Å²) in [4.78, 5) is 16.0. The van der Waals surface area contributed by atoms with Crippen molar-refractivity contribution < 1.29 is 9.90 Å². The van der Waals surface area contributed by atoms with Crippen molar-refractivity contribution in [2.24, 2.45) is 11.8 Å². The summed E-state index contributed by atoms with van der Waals surface area (Å²) >= 11 is 1.84. The second kappa shape index (κ2) is 5.19. The van der Waals surface area contributed by atoms with Gasteiger partial charge in [0.1, 0.15) is 0 Å². The zero-order chi connectivity index (χ0) is 12.4. The number of hydrogen-bond donors (Lipinski definition) is 1. The van der Waals surface area contributed by atoms with Crippen molar-refractivity contribution in [2.45, 2.75) is 26.8 Å². The maximum atomic E-state index is 11.0. The first kappa shape index (κ1) is 12.6. The molecule has 0 bridgehead atoms. The number of rotatable bonds is 4. The second-order valence-electron chi connectivity index (χ2n) is 4.84. The quantitative estimate of drug-likeness (QED) is 0.896. The lowest BCUT2D eigenvalue weighted by Crippen LogP contribution is -2.22. The minimum Gasteiger partial charge on any atom is -0.481 e. The molecule has 0 saturated carbocycles. The van der Waals surface area contributed by atoms with E-state index in [1.807, 2.05) is 18.3 Å². The van der Waals surface area contributed by atoms with Gasteiger partial charge in [0.15, 0.2) is 0 Å². The van der Waals surface area contributed by atoms with Crippen LogP contribution in [-0.4, -0.2) is 29.1 Å². The van der Waals surface area contributed by atoms with Crippen LogP contribution in [0.5, 0.6) is 0 Å². The van der Waals surface area contributed by atoms with Gasteiger partial charge in [0.25, 0.3) is 0 Å². The largest absolute Gasteiger partial charge is 0.481 e. The summed E-state index contributed by atoms with van der Waals surface area (Å²) in [6.45, 7) is 6.68. The average Bonchev–Trinajstić information content (AvgIpc) is 2.85. The lowest BCUT2D eigenvalue weighted by molar-refractivity contribution is -0.142. The Labute approximate surface area is 106 Å². The van der Waals surface area contributed by atoms with E-state index in [9.17, 15) is 4.79 Å². The van der Waals surface area contributed by atoms with Crippen molar-refractivity contribution in [1.82, 2.24) is 4.90 Å². The highest BCUT2D eigenvalue weighted by Crippen LogP contribution is 2.26. The van der Waals surface area contributed by atoms with E-state index >= 15 is 0 Å². The Morgan fingerprint density at radius 3 is 2.71 bits per heavy atom. The first-order valence-corrected chi connectivity index (χ1v) is 6.94. The van der Waals surface area contributed by atoms with Gasteiger partial charge in [-0.05, 0) is 24.5 Å². The number of carbonyl (C=O) groups is 1. The number of thiophene rings is 1. The second-order valence-corrected chi connectivity index (χ2v) is 6.09. The molecule has 94 valence electrons. The zero-order valence-electron chi connectivity index (χ0n) is 10.3. The fourth-order valence-electron chi connectivity index (χ4n) is 2.44. The molecule has 2 rings (SSSR count). The van der Waals surface area contributed by atoms with Crippen molar-refractivity contribution >= 4 is 17.3 Å². The van der Waals surface area contributed by atoms with Gasteiger partial charge in [-0.1, -0.05) is 13.8 Å². The van der Waals surface area contributed by atoms with E-state index in [4.69, 9.17) is 5.11 Å². The fraction of sp³-hybridized carbons (Fsp3) is 0.615. The maximum absolute atomic E-state index is 11.0. The molecule has 1 aromatic heterocycles. The Morgan fingerprint density at radius 2 is 2.18 bits per heavy atom. The van der Waals surface area contributed by atoms with Gasteiger partial charge >= 0.3 is 5.97 Å². The van der Waals surface area contributed by atoms with Crippen molar-refractivity contribution in [2.75, 3.05) is 13.1 Å². The van der Waals surface area contributed by atoms with Crippen LogP contribution in [0.1, 0.15) is 23.6 Å². The molecule has 1 N–H and O–H groups in total. The van der Waals surface area contributed by atoms with Crippen molar-refractivity contribution in [3.8, 4) is 0 Å². The van der Waals surface area contributed by atoms with Crippen LogP contribution in [-0.2, 0) is 17.8 Å². The number of carboxylic acids is 1. The SMILES string of the molecule is CCc1ccc(CN2CC(C)C(C(=O)O)C2)s1. The summed E-state index contributed by atoms with van der Waals surface area (Å²) in [6.07, 6.45) is 1.08. The van der Waals surface area contributed by atoms with Gasteiger partial charge in [0.05, 0.1) is 5.92 Å². The fourth-order valence-corrected chi connectivity index (χ4v) is 3.44. The third-order valence-electron chi connectivity index (χ3n) is 3.45. The van der Waals surface area contributed by atoms with Gasteiger partial charge < -0.3 is 5.11 Å². The lowest BCUT2D eigenvalue weighted by Gasteiger charge is -2.13. The molecule has 0 spiro atoms. The van der Waals surface area contributed by atoms with E-state index in [0.717, 1.165) is 19.5 Å². The third kappa shape index (κ3) is 2.87. The molecule has 2 atom stereocenters. The first-order valence-electron chi connectivity index (χ1n) is 6.13. The lowest BCUT2D eigenvalue weighted by atomic mass is 9.99. The Morgan fingerprint density at radius 1 is 1.47 bits per heavy atom. The first-order chi connectivity index (χ1) is 8.10. The predicted molar refractivity (Wildman–Crippen MR) is 69.3 cm³/mol. The summed E-state index contributed by atoms with van der Waals surface area (Å²) in [6, 6.07) is 4.34. The van der Waals surface area contributed by atoms with Crippen molar-refractivity contribution in [3.05, 3.63) is 21.9 Å². The average molecular weight is 253 g/mol. The van der Waals surface area contributed by atoms with E-state index in [1.54, 1.807) is 0 Å². The van der Waals surface area contributed by atoms with E-state index in [2.05, 4.69) is 24.0 Å². The summed E-state index contributed by atoms with van der Waals surface area (Å²) in [5.41, 5.74) is 0. The Bertz CT molecular complexity index is 402. The molecule has 1 aliphatic heterocycles. The van der Waals surface area contributed by atoms with E-state index < -0.39 is 5.97 Å². The molecule has 0 aromatic carbocycles. The Kier molecular flexibility index (Phi) is 3.84. The number of nitrogens with zero attached hydrogens (tertiary/aromatic N) is 1. The van der Waals surface area contributed by atoms with Gasteiger partial charge in [-0.3, -0.25) is 9.69 Å². The molecule has 17 heavy (non-hydrogen) atoms. The van der Waals surface area contributed by atoms with Crippen LogP contribution in [0.4, 0.5) is 0 Å². The molecular weight excluding hydrogens is 234 g/mol. The van der Waals surface area contributed by atoms with Crippen LogP contribution < -0.4 is 0 Å². The number of aryl methyl sites for hydroxylation is 1. The van der Waals surface area contributed by atoms with E-state index in [0.29, 0.717) is 6.54 Å². The standard InChI is InChI=1S/C13H19NO2S/c1-3-10-4-5-11(17-10)7-14-6-9(2)12(8-14)13(15)16/h4-5,9,12H,3,6-8H2,1-2H3,(H,15,16). The van der Waals surface area contributed by atoms with Gasteiger partial charge in [0.2, 0.25) is 0 Å². The summed E-state index contributed by atoms with van der Waals surface area (Å²) in [5.74, 6) is -0.584.